The third-order valence-corrected chi connectivity index (χ3v) is 3.92. The molecule has 2 aromatic carbocycles. The van der Waals surface area contributed by atoms with Crippen molar-refractivity contribution in [2.45, 2.75) is 12.6 Å². The molecular weight excluding hydrogens is 306 g/mol. The van der Waals surface area contributed by atoms with E-state index in [1.165, 1.54) is 13.1 Å². The van der Waals surface area contributed by atoms with Crippen molar-refractivity contribution >= 4 is 23.2 Å². The molecule has 1 heterocycles. The molecule has 0 aromatic heterocycles. The molecule has 0 fully saturated rings. The third-order valence-electron chi connectivity index (χ3n) is 3.92. The van der Waals surface area contributed by atoms with E-state index in [4.69, 9.17) is 5.73 Å². The van der Waals surface area contributed by atoms with Crippen LogP contribution in [-0.4, -0.2) is 27.5 Å². The van der Waals surface area contributed by atoms with Crippen molar-refractivity contribution in [3.05, 3.63) is 71.9 Å². The number of benzene rings is 2. The van der Waals surface area contributed by atoms with Gasteiger partial charge in [-0.3, -0.25) is 14.5 Å². The first-order valence-corrected chi connectivity index (χ1v) is 7.40. The van der Waals surface area contributed by atoms with Gasteiger partial charge in [0, 0.05) is 6.20 Å². The van der Waals surface area contributed by atoms with Gasteiger partial charge in [0.05, 0.1) is 16.9 Å². The van der Waals surface area contributed by atoms with E-state index in [1.54, 1.807) is 24.3 Å². The molecule has 2 aromatic rings. The third kappa shape index (κ3) is 2.63. The molecule has 6 nitrogen and oxygen atoms in total. The highest BCUT2D eigenvalue weighted by atomic mass is 16.3. The van der Waals surface area contributed by atoms with Crippen LogP contribution in [0.25, 0.3) is 5.70 Å². The van der Waals surface area contributed by atoms with E-state index < -0.39 is 17.5 Å². The Balaban J connectivity index is 2.19. The predicted molar refractivity (Wildman–Crippen MR) is 90.5 cm³/mol. The maximum absolute atomic E-state index is 12.8. The summed E-state index contributed by atoms with van der Waals surface area (Å²) in [5, 5.41) is 13.6. The Morgan fingerprint density at radius 1 is 1.12 bits per heavy atom. The summed E-state index contributed by atoms with van der Waals surface area (Å²) in [7, 11) is 0. The van der Waals surface area contributed by atoms with Crippen LogP contribution in [0.5, 0.6) is 0 Å². The molecule has 3 rings (SSSR count). The number of primary amides is 1. The van der Waals surface area contributed by atoms with Crippen LogP contribution in [0.1, 0.15) is 22.8 Å². The number of nitrogens with zero attached hydrogens (tertiary/aromatic N) is 1. The molecular formula is C18H17N3O3. The first kappa shape index (κ1) is 15.8. The minimum atomic E-state index is -2.16. The molecule has 2 amide bonds. The van der Waals surface area contributed by atoms with Gasteiger partial charge in [0.15, 0.2) is 0 Å². The SMILES string of the molecule is CC(O)(C(N)=O)N1C=C(c2ccccc2)Nc2ccccc2C1=O. The number of anilines is 1. The smallest absolute Gasteiger partial charge is 0.270 e. The Bertz CT molecular complexity index is 828. The summed E-state index contributed by atoms with van der Waals surface area (Å²) in [6.45, 7) is 1.19. The lowest BCUT2D eigenvalue weighted by molar-refractivity contribution is -0.146. The molecule has 4 N–H and O–H groups in total. The number of amides is 2. The fourth-order valence-electron chi connectivity index (χ4n) is 2.48. The lowest BCUT2D eigenvalue weighted by atomic mass is 10.1. The Labute approximate surface area is 139 Å². The molecule has 24 heavy (non-hydrogen) atoms. The lowest BCUT2D eigenvalue weighted by Gasteiger charge is -2.31. The minimum Gasteiger partial charge on any atom is -0.365 e. The molecule has 0 radical (unpaired) electrons. The van der Waals surface area contributed by atoms with E-state index in [-0.39, 0.29) is 0 Å². The van der Waals surface area contributed by atoms with Gasteiger partial charge in [-0.05, 0) is 24.6 Å². The number of hydrogen-bond acceptors (Lipinski definition) is 4. The van der Waals surface area contributed by atoms with Crippen LogP contribution in [-0.2, 0) is 4.79 Å². The van der Waals surface area contributed by atoms with Crippen LogP contribution in [0.15, 0.2) is 60.8 Å². The Hall–Kier alpha value is -3.12. The number of fused-ring (bicyclic) bond motifs is 1. The number of rotatable bonds is 3. The first-order chi connectivity index (χ1) is 11.4. The van der Waals surface area contributed by atoms with Gasteiger partial charge in [0.1, 0.15) is 0 Å². The maximum atomic E-state index is 12.8. The normalized spacial score (nSPS) is 16.3. The summed E-state index contributed by atoms with van der Waals surface area (Å²) in [5.74, 6) is -1.54. The molecule has 6 heteroatoms. The average Bonchev–Trinajstić information content (AvgIpc) is 2.73. The summed E-state index contributed by atoms with van der Waals surface area (Å²) in [4.78, 5) is 25.5. The number of para-hydroxylation sites is 1. The molecule has 0 saturated heterocycles. The average molecular weight is 323 g/mol. The number of nitrogens with one attached hydrogen (secondary N) is 1. The van der Waals surface area contributed by atoms with Crippen molar-refractivity contribution in [2.24, 2.45) is 5.73 Å². The number of nitrogens with two attached hydrogens (primary N) is 1. The van der Waals surface area contributed by atoms with Gasteiger partial charge in [-0.25, -0.2) is 0 Å². The van der Waals surface area contributed by atoms with Crippen LogP contribution < -0.4 is 11.1 Å². The summed E-state index contributed by atoms with van der Waals surface area (Å²) < 4.78 is 0. The van der Waals surface area contributed by atoms with Crippen molar-refractivity contribution in [1.29, 1.82) is 0 Å². The zero-order valence-corrected chi connectivity index (χ0v) is 13.1. The Morgan fingerprint density at radius 3 is 2.42 bits per heavy atom. The van der Waals surface area contributed by atoms with E-state index in [2.05, 4.69) is 5.32 Å². The summed E-state index contributed by atoms with van der Waals surface area (Å²) in [5.41, 5.74) is 5.41. The summed E-state index contributed by atoms with van der Waals surface area (Å²) >= 11 is 0. The number of hydrogen-bond donors (Lipinski definition) is 3. The van der Waals surface area contributed by atoms with Gasteiger partial charge in [-0.2, -0.15) is 0 Å². The van der Waals surface area contributed by atoms with E-state index >= 15 is 0 Å². The maximum Gasteiger partial charge on any atom is 0.270 e. The van der Waals surface area contributed by atoms with E-state index in [1.807, 2.05) is 30.3 Å². The molecule has 0 aliphatic carbocycles. The second-order valence-electron chi connectivity index (χ2n) is 5.64. The number of carbonyl (C=O) groups excluding carboxylic acids is 2. The van der Waals surface area contributed by atoms with Gasteiger partial charge >= 0.3 is 0 Å². The van der Waals surface area contributed by atoms with Gasteiger partial charge in [-0.15, -0.1) is 0 Å². The van der Waals surface area contributed by atoms with Crippen molar-refractivity contribution < 1.29 is 14.7 Å². The second-order valence-corrected chi connectivity index (χ2v) is 5.64. The fraction of sp³-hybridized carbons (Fsp3) is 0.111. The first-order valence-electron chi connectivity index (χ1n) is 7.40. The second kappa shape index (κ2) is 5.82. The van der Waals surface area contributed by atoms with E-state index in [0.29, 0.717) is 16.9 Å². The Morgan fingerprint density at radius 2 is 1.75 bits per heavy atom. The highest BCUT2D eigenvalue weighted by Crippen LogP contribution is 2.30. The zero-order chi connectivity index (χ0) is 17.3. The standard InChI is InChI=1S/C18H17N3O3/c1-18(24,17(19)23)21-11-15(12-7-3-2-4-8-12)20-14-10-6-5-9-13(14)16(21)22/h2-11,20,24H,1H3,(H2,19,23). The number of aliphatic hydroxyl groups is 1. The van der Waals surface area contributed by atoms with E-state index in [0.717, 1.165) is 10.5 Å². The van der Waals surface area contributed by atoms with Crippen LogP contribution in [0.4, 0.5) is 5.69 Å². The minimum absolute atomic E-state index is 0.334. The van der Waals surface area contributed by atoms with Crippen molar-refractivity contribution in [2.75, 3.05) is 5.32 Å². The highest BCUT2D eigenvalue weighted by Gasteiger charge is 2.40. The van der Waals surface area contributed by atoms with Gasteiger partial charge in [-0.1, -0.05) is 42.5 Å². The molecule has 0 spiro atoms. The summed E-state index contributed by atoms with van der Waals surface area (Å²) in [6.07, 6.45) is 1.41. The van der Waals surface area contributed by atoms with Gasteiger partial charge in [0.2, 0.25) is 5.72 Å². The van der Waals surface area contributed by atoms with Gasteiger partial charge < -0.3 is 16.2 Å². The van der Waals surface area contributed by atoms with Crippen LogP contribution in [0, 0.1) is 0 Å². The molecule has 0 bridgehead atoms. The van der Waals surface area contributed by atoms with Crippen LogP contribution >= 0.6 is 0 Å². The molecule has 122 valence electrons. The molecule has 1 unspecified atom stereocenters. The largest absolute Gasteiger partial charge is 0.365 e. The molecule has 1 aliphatic heterocycles. The monoisotopic (exact) mass is 323 g/mol. The summed E-state index contributed by atoms with van der Waals surface area (Å²) in [6, 6.07) is 16.2. The Kier molecular flexibility index (Phi) is 3.83. The molecule has 1 aliphatic rings. The van der Waals surface area contributed by atoms with Crippen molar-refractivity contribution in [3.8, 4) is 0 Å². The predicted octanol–water partition coefficient (Wildman–Crippen LogP) is 1.75. The number of carbonyl (C=O) groups is 2. The fourth-order valence-corrected chi connectivity index (χ4v) is 2.48. The van der Waals surface area contributed by atoms with Crippen LogP contribution in [0.3, 0.4) is 0 Å². The van der Waals surface area contributed by atoms with Crippen molar-refractivity contribution in [3.63, 3.8) is 0 Å². The molecule has 0 saturated carbocycles. The molecule has 1 atom stereocenters. The zero-order valence-electron chi connectivity index (χ0n) is 13.1. The quantitative estimate of drug-likeness (QED) is 0.802. The van der Waals surface area contributed by atoms with Crippen molar-refractivity contribution in [1.82, 2.24) is 4.90 Å². The van der Waals surface area contributed by atoms with Crippen LogP contribution in [0.2, 0.25) is 0 Å². The lowest BCUT2D eigenvalue weighted by Crippen LogP contribution is -2.55. The topological polar surface area (TPSA) is 95.7 Å². The van der Waals surface area contributed by atoms with E-state index in [9.17, 15) is 14.7 Å². The van der Waals surface area contributed by atoms with Gasteiger partial charge in [0.25, 0.3) is 11.8 Å². The highest BCUT2D eigenvalue weighted by molar-refractivity contribution is 6.06.